The summed E-state index contributed by atoms with van der Waals surface area (Å²) in [5.74, 6) is 2.51. The number of halogens is 3. The van der Waals surface area contributed by atoms with Gasteiger partial charge >= 0.3 is 6.18 Å². The van der Waals surface area contributed by atoms with Gasteiger partial charge in [-0.3, -0.25) is 0 Å². The predicted octanol–water partition coefficient (Wildman–Crippen LogP) is 3.90. The first-order chi connectivity index (χ1) is 7.98. The van der Waals surface area contributed by atoms with Crippen molar-refractivity contribution < 1.29 is 13.2 Å². The van der Waals surface area contributed by atoms with Crippen molar-refractivity contribution in [1.29, 1.82) is 0 Å². The van der Waals surface area contributed by atoms with Crippen LogP contribution < -0.4 is 5.73 Å². The molecular weight excluding hydrogens is 247 g/mol. The Bertz CT molecular complexity index is 397. The zero-order chi connectivity index (χ0) is 12.5. The van der Waals surface area contributed by atoms with Crippen molar-refractivity contribution in [2.24, 2.45) is 0 Å². The second-order valence-electron chi connectivity index (χ2n) is 4.23. The standard InChI is InChI=1S/C12H14F3NS/c13-12(14,15)10-2-1-9(7-11(10)16)8-3-5-17-6-4-8/h1-2,7-8H,3-6,16H2. The molecule has 0 saturated carbocycles. The minimum atomic E-state index is -4.36. The first-order valence-electron chi connectivity index (χ1n) is 5.53. The number of thioether (sulfide) groups is 1. The molecule has 0 amide bonds. The van der Waals surface area contributed by atoms with Crippen molar-refractivity contribution in [1.82, 2.24) is 0 Å². The molecule has 1 nitrogen and oxygen atoms in total. The molecule has 0 unspecified atom stereocenters. The van der Waals surface area contributed by atoms with Gasteiger partial charge < -0.3 is 5.73 Å². The van der Waals surface area contributed by atoms with Crippen LogP contribution in [0.15, 0.2) is 18.2 Å². The molecule has 0 atom stereocenters. The normalized spacial score (nSPS) is 18.3. The van der Waals surface area contributed by atoms with Crippen LogP contribution in [0.3, 0.4) is 0 Å². The van der Waals surface area contributed by atoms with Gasteiger partial charge in [-0.2, -0.15) is 24.9 Å². The molecule has 5 heteroatoms. The quantitative estimate of drug-likeness (QED) is 0.776. The molecule has 1 fully saturated rings. The van der Waals surface area contributed by atoms with Crippen LogP contribution in [0.1, 0.15) is 29.9 Å². The molecule has 1 saturated heterocycles. The summed E-state index contributed by atoms with van der Waals surface area (Å²) in [7, 11) is 0. The molecule has 17 heavy (non-hydrogen) atoms. The minimum absolute atomic E-state index is 0.159. The fraction of sp³-hybridized carbons (Fsp3) is 0.500. The highest BCUT2D eigenvalue weighted by atomic mass is 32.2. The van der Waals surface area contributed by atoms with E-state index in [4.69, 9.17) is 5.73 Å². The number of hydrogen-bond donors (Lipinski definition) is 1. The van der Waals surface area contributed by atoms with Crippen molar-refractivity contribution in [3.05, 3.63) is 29.3 Å². The van der Waals surface area contributed by atoms with Crippen molar-refractivity contribution in [2.45, 2.75) is 24.9 Å². The van der Waals surface area contributed by atoms with E-state index in [1.165, 1.54) is 6.07 Å². The summed E-state index contributed by atoms with van der Waals surface area (Å²) in [6, 6.07) is 4.16. The summed E-state index contributed by atoms with van der Waals surface area (Å²) in [5.41, 5.74) is 5.54. The molecule has 1 aromatic rings. The topological polar surface area (TPSA) is 26.0 Å². The van der Waals surface area contributed by atoms with Gasteiger partial charge in [0.25, 0.3) is 0 Å². The highest BCUT2D eigenvalue weighted by molar-refractivity contribution is 7.99. The molecule has 94 valence electrons. The second kappa shape index (κ2) is 4.80. The minimum Gasteiger partial charge on any atom is -0.398 e. The Morgan fingerprint density at radius 3 is 2.35 bits per heavy atom. The van der Waals surface area contributed by atoms with Gasteiger partial charge in [-0.1, -0.05) is 6.07 Å². The van der Waals surface area contributed by atoms with E-state index < -0.39 is 11.7 Å². The first kappa shape index (κ1) is 12.6. The van der Waals surface area contributed by atoms with Crippen LogP contribution in [-0.4, -0.2) is 11.5 Å². The summed E-state index contributed by atoms with van der Waals surface area (Å²) in [5, 5.41) is 0. The van der Waals surface area contributed by atoms with Gasteiger partial charge in [0.1, 0.15) is 0 Å². The summed E-state index contributed by atoms with van der Waals surface area (Å²) >= 11 is 1.89. The van der Waals surface area contributed by atoms with Crippen molar-refractivity contribution in [2.75, 3.05) is 17.2 Å². The average Bonchev–Trinajstić information content (AvgIpc) is 2.28. The zero-order valence-corrected chi connectivity index (χ0v) is 10.1. The van der Waals surface area contributed by atoms with Gasteiger partial charge in [-0.05, 0) is 48.0 Å². The average molecular weight is 261 g/mol. The van der Waals surface area contributed by atoms with Crippen molar-refractivity contribution >= 4 is 17.4 Å². The molecule has 0 aliphatic carbocycles. The van der Waals surface area contributed by atoms with E-state index in [9.17, 15) is 13.2 Å². The van der Waals surface area contributed by atoms with Crippen LogP contribution in [0.25, 0.3) is 0 Å². The van der Waals surface area contributed by atoms with E-state index in [1.807, 2.05) is 11.8 Å². The third-order valence-electron chi connectivity index (χ3n) is 3.07. The SMILES string of the molecule is Nc1cc(C2CCSCC2)ccc1C(F)(F)F. The fourth-order valence-electron chi connectivity index (χ4n) is 2.12. The van der Waals surface area contributed by atoms with Crippen LogP contribution in [0.2, 0.25) is 0 Å². The molecule has 0 radical (unpaired) electrons. The molecule has 1 aromatic carbocycles. The monoisotopic (exact) mass is 261 g/mol. The third kappa shape index (κ3) is 2.89. The maximum atomic E-state index is 12.5. The Morgan fingerprint density at radius 1 is 1.18 bits per heavy atom. The van der Waals surface area contributed by atoms with Gasteiger partial charge in [0.2, 0.25) is 0 Å². The molecular formula is C12H14F3NS. The van der Waals surface area contributed by atoms with E-state index >= 15 is 0 Å². The molecule has 2 N–H and O–H groups in total. The fourth-order valence-corrected chi connectivity index (χ4v) is 3.23. The molecule has 1 aliphatic rings. The largest absolute Gasteiger partial charge is 0.418 e. The van der Waals surface area contributed by atoms with Crippen molar-refractivity contribution in [3.63, 3.8) is 0 Å². The smallest absolute Gasteiger partial charge is 0.398 e. The van der Waals surface area contributed by atoms with Crippen LogP contribution in [-0.2, 0) is 6.18 Å². The first-order valence-corrected chi connectivity index (χ1v) is 6.68. The number of benzene rings is 1. The van der Waals surface area contributed by atoms with Gasteiger partial charge in [0, 0.05) is 5.69 Å². The highest BCUT2D eigenvalue weighted by Gasteiger charge is 2.33. The number of nitrogens with two attached hydrogens (primary N) is 1. The van der Waals surface area contributed by atoms with Crippen molar-refractivity contribution in [3.8, 4) is 0 Å². The molecule has 0 bridgehead atoms. The van der Waals surface area contributed by atoms with E-state index in [0.717, 1.165) is 36.0 Å². The Morgan fingerprint density at radius 2 is 1.82 bits per heavy atom. The van der Waals surface area contributed by atoms with Gasteiger partial charge in [0.15, 0.2) is 0 Å². The Kier molecular flexibility index (Phi) is 3.56. The summed E-state index contributed by atoms with van der Waals surface area (Å²) in [6.45, 7) is 0. The summed E-state index contributed by atoms with van der Waals surface area (Å²) < 4.78 is 37.6. The Balaban J connectivity index is 2.24. The highest BCUT2D eigenvalue weighted by Crippen LogP contribution is 2.37. The van der Waals surface area contributed by atoms with E-state index in [2.05, 4.69) is 0 Å². The number of rotatable bonds is 1. The Hall–Kier alpha value is -0.840. The maximum absolute atomic E-state index is 12.5. The lowest BCUT2D eigenvalue weighted by Gasteiger charge is -2.22. The van der Waals surface area contributed by atoms with Crippen LogP contribution >= 0.6 is 11.8 Å². The Labute approximate surface area is 103 Å². The zero-order valence-electron chi connectivity index (χ0n) is 9.26. The number of alkyl halides is 3. The summed E-state index contributed by atoms with van der Waals surface area (Å²) in [6.07, 6.45) is -2.31. The molecule has 0 spiro atoms. The van der Waals surface area contributed by atoms with Crippen LogP contribution in [0, 0.1) is 0 Å². The molecule has 1 aliphatic heterocycles. The predicted molar refractivity (Wildman–Crippen MR) is 65.2 cm³/mol. The second-order valence-corrected chi connectivity index (χ2v) is 5.46. The van der Waals surface area contributed by atoms with Gasteiger partial charge in [-0.15, -0.1) is 0 Å². The van der Waals surface area contributed by atoms with Crippen LogP contribution in [0.5, 0.6) is 0 Å². The number of anilines is 1. The van der Waals surface area contributed by atoms with E-state index in [1.54, 1.807) is 6.07 Å². The summed E-state index contributed by atoms with van der Waals surface area (Å²) in [4.78, 5) is 0. The lowest BCUT2D eigenvalue weighted by atomic mass is 9.92. The lowest BCUT2D eigenvalue weighted by molar-refractivity contribution is -0.136. The third-order valence-corrected chi connectivity index (χ3v) is 4.12. The van der Waals surface area contributed by atoms with Gasteiger partial charge in [-0.25, -0.2) is 0 Å². The number of nitrogen functional groups attached to an aromatic ring is 1. The van der Waals surface area contributed by atoms with E-state index in [0.29, 0.717) is 5.92 Å². The van der Waals surface area contributed by atoms with Crippen LogP contribution in [0.4, 0.5) is 18.9 Å². The molecule has 2 rings (SSSR count). The van der Waals surface area contributed by atoms with E-state index in [-0.39, 0.29) is 5.69 Å². The molecule has 0 aromatic heterocycles. The lowest BCUT2D eigenvalue weighted by Crippen LogP contribution is -2.12. The van der Waals surface area contributed by atoms with Gasteiger partial charge in [0.05, 0.1) is 5.56 Å². The maximum Gasteiger partial charge on any atom is 0.418 e. The number of hydrogen-bond acceptors (Lipinski definition) is 2. The molecule has 1 heterocycles.